The molecule has 6 heteroatoms. The number of para-hydroxylation sites is 2. The Morgan fingerprint density at radius 3 is 2.72 bits per heavy atom. The molecule has 4 rings (SSSR count). The Morgan fingerprint density at radius 1 is 1.21 bits per heavy atom. The number of hydrogen-bond donors (Lipinski definition) is 0. The van der Waals surface area contributed by atoms with E-state index in [9.17, 15) is 9.59 Å². The van der Waals surface area contributed by atoms with Gasteiger partial charge in [0.1, 0.15) is 12.4 Å². The number of aromatic nitrogens is 2. The quantitative estimate of drug-likeness (QED) is 0.752. The maximum absolute atomic E-state index is 13.1. The molecule has 156 valence electrons. The third kappa shape index (κ3) is 4.16. The maximum Gasteiger partial charge on any atom is 0.242 e. The van der Waals surface area contributed by atoms with Gasteiger partial charge in [-0.2, -0.15) is 0 Å². The van der Waals surface area contributed by atoms with E-state index in [2.05, 4.69) is 18.4 Å². The molecule has 2 saturated heterocycles. The second kappa shape index (κ2) is 8.56. The van der Waals surface area contributed by atoms with Gasteiger partial charge in [-0.15, -0.1) is 0 Å². The predicted octanol–water partition coefficient (Wildman–Crippen LogP) is 3.41. The van der Waals surface area contributed by atoms with Crippen molar-refractivity contribution in [1.29, 1.82) is 0 Å². The Balaban J connectivity index is 1.58. The Bertz CT molecular complexity index is 882. The van der Waals surface area contributed by atoms with Gasteiger partial charge in [-0.1, -0.05) is 32.4 Å². The lowest BCUT2D eigenvalue weighted by Gasteiger charge is -2.30. The first-order valence-corrected chi connectivity index (χ1v) is 11.1. The Morgan fingerprint density at radius 2 is 1.97 bits per heavy atom. The number of imidazole rings is 1. The van der Waals surface area contributed by atoms with Crippen molar-refractivity contribution in [2.24, 2.45) is 5.92 Å². The molecular weight excluding hydrogens is 364 g/mol. The number of likely N-dealkylation sites (tertiary alicyclic amines) is 2. The van der Waals surface area contributed by atoms with Gasteiger partial charge in [-0.3, -0.25) is 9.59 Å². The van der Waals surface area contributed by atoms with Crippen LogP contribution in [0.15, 0.2) is 24.3 Å². The second-order valence-corrected chi connectivity index (χ2v) is 8.70. The van der Waals surface area contributed by atoms with Crippen molar-refractivity contribution in [1.82, 2.24) is 19.4 Å². The van der Waals surface area contributed by atoms with Crippen molar-refractivity contribution in [3.63, 3.8) is 0 Å². The third-order valence-electron chi connectivity index (χ3n) is 6.48. The molecule has 0 spiro atoms. The summed E-state index contributed by atoms with van der Waals surface area (Å²) in [5.74, 6) is 2.01. The molecule has 6 nitrogen and oxygen atoms in total. The van der Waals surface area contributed by atoms with Crippen LogP contribution in [0, 0.1) is 5.92 Å². The number of fused-ring (bicyclic) bond motifs is 1. The van der Waals surface area contributed by atoms with Gasteiger partial charge in [-0.25, -0.2) is 4.98 Å². The fraction of sp³-hybridized carbons (Fsp3) is 0.609. The molecular formula is C23H32N4O2. The number of unbranched alkanes of at least 4 members (excludes halogenated alkanes) is 1. The SMILES string of the molecule is CCCCN1C[C@H](c2nc3ccccc3n2CC(=O)N2CCC(C)CC2)CC1=O. The van der Waals surface area contributed by atoms with Gasteiger partial charge in [-0.05, 0) is 37.3 Å². The molecule has 0 aliphatic carbocycles. The van der Waals surface area contributed by atoms with Crippen LogP contribution in [-0.2, 0) is 16.1 Å². The van der Waals surface area contributed by atoms with E-state index < -0.39 is 0 Å². The zero-order valence-corrected chi connectivity index (χ0v) is 17.6. The number of carbonyl (C=O) groups is 2. The fourth-order valence-electron chi connectivity index (χ4n) is 4.58. The number of benzene rings is 1. The van der Waals surface area contributed by atoms with Gasteiger partial charge in [0.15, 0.2) is 0 Å². The first-order valence-electron chi connectivity index (χ1n) is 11.1. The van der Waals surface area contributed by atoms with E-state index in [1.54, 1.807) is 0 Å². The fourth-order valence-corrected chi connectivity index (χ4v) is 4.58. The summed E-state index contributed by atoms with van der Waals surface area (Å²) in [6, 6.07) is 7.99. The standard InChI is InChI=1S/C23H32N4O2/c1-3-4-11-26-15-18(14-21(26)28)23-24-19-7-5-6-8-20(19)27(23)16-22(29)25-12-9-17(2)10-13-25/h5-8,17-18H,3-4,9-16H2,1-2H3/t18-/m1/s1. The molecule has 0 saturated carbocycles. The smallest absolute Gasteiger partial charge is 0.242 e. The van der Waals surface area contributed by atoms with Crippen LogP contribution in [0.25, 0.3) is 11.0 Å². The average molecular weight is 397 g/mol. The summed E-state index contributed by atoms with van der Waals surface area (Å²) >= 11 is 0. The molecule has 29 heavy (non-hydrogen) atoms. The van der Waals surface area contributed by atoms with Crippen molar-refractivity contribution in [2.45, 2.75) is 58.4 Å². The summed E-state index contributed by atoms with van der Waals surface area (Å²) in [5, 5.41) is 0. The lowest BCUT2D eigenvalue weighted by molar-refractivity contribution is -0.133. The largest absolute Gasteiger partial charge is 0.342 e. The van der Waals surface area contributed by atoms with E-state index in [0.29, 0.717) is 25.4 Å². The summed E-state index contributed by atoms with van der Waals surface area (Å²) in [4.78, 5) is 34.4. The Labute approximate surface area is 172 Å². The van der Waals surface area contributed by atoms with E-state index in [1.807, 2.05) is 34.1 Å². The van der Waals surface area contributed by atoms with Crippen LogP contribution >= 0.6 is 0 Å². The average Bonchev–Trinajstić information content (AvgIpc) is 3.27. The van der Waals surface area contributed by atoms with E-state index in [4.69, 9.17) is 4.98 Å². The van der Waals surface area contributed by atoms with Crippen molar-refractivity contribution in [2.75, 3.05) is 26.2 Å². The second-order valence-electron chi connectivity index (χ2n) is 8.70. The van der Waals surface area contributed by atoms with Crippen molar-refractivity contribution in [3.8, 4) is 0 Å². The minimum absolute atomic E-state index is 0.0564. The number of hydrogen-bond acceptors (Lipinski definition) is 3. The minimum Gasteiger partial charge on any atom is -0.342 e. The van der Waals surface area contributed by atoms with E-state index in [-0.39, 0.29) is 17.7 Å². The number of nitrogens with zero attached hydrogens (tertiary/aromatic N) is 4. The van der Waals surface area contributed by atoms with Crippen molar-refractivity contribution < 1.29 is 9.59 Å². The van der Waals surface area contributed by atoms with E-state index >= 15 is 0 Å². The zero-order valence-electron chi connectivity index (χ0n) is 17.6. The van der Waals surface area contributed by atoms with Gasteiger partial charge in [0, 0.05) is 38.5 Å². The Kier molecular flexibility index (Phi) is 5.88. The lowest BCUT2D eigenvalue weighted by Crippen LogP contribution is -2.40. The van der Waals surface area contributed by atoms with Crippen LogP contribution in [0.3, 0.4) is 0 Å². The van der Waals surface area contributed by atoms with Crippen LogP contribution in [0.1, 0.15) is 57.7 Å². The van der Waals surface area contributed by atoms with Gasteiger partial charge < -0.3 is 14.4 Å². The number of piperidine rings is 1. The summed E-state index contributed by atoms with van der Waals surface area (Å²) in [6.07, 6.45) is 4.75. The Hall–Kier alpha value is -2.37. The van der Waals surface area contributed by atoms with Crippen LogP contribution in [-0.4, -0.2) is 57.3 Å². The van der Waals surface area contributed by atoms with Crippen LogP contribution in [0.2, 0.25) is 0 Å². The zero-order chi connectivity index (χ0) is 20.4. The normalized spacial score (nSPS) is 20.8. The summed E-state index contributed by atoms with van der Waals surface area (Å²) in [5.41, 5.74) is 1.89. The highest BCUT2D eigenvalue weighted by Gasteiger charge is 2.34. The van der Waals surface area contributed by atoms with Gasteiger partial charge in [0.05, 0.1) is 11.0 Å². The molecule has 2 aliphatic heterocycles. The molecule has 2 fully saturated rings. The molecule has 2 aromatic rings. The lowest BCUT2D eigenvalue weighted by atomic mass is 9.99. The highest BCUT2D eigenvalue weighted by atomic mass is 16.2. The molecule has 1 aromatic carbocycles. The minimum atomic E-state index is 0.0564. The monoisotopic (exact) mass is 396 g/mol. The number of rotatable bonds is 6. The van der Waals surface area contributed by atoms with Crippen LogP contribution in [0.5, 0.6) is 0 Å². The molecule has 0 radical (unpaired) electrons. The van der Waals surface area contributed by atoms with Gasteiger partial charge in [0.25, 0.3) is 0 Å². The van der Waals surface area contributed by atoms with Gasteiger partial charge in [0.2, 0.25) is 11.8 Å². The first kappa shape index (κ1) is 19.9. The summed E-state index contributed by atoms with van der Waals surface area (Å²) in [6.45, 7) is 7.91. The third-order valence-corrected chi connectivity index (χ3v) is 6.48. The predicted molar refractivity (Wildman–Crippen MR) is 114 cm³/mol. The molecule has 3 heterocycles. The van der Waals surface area contributed by atoms with E-state index in [1.165, 1.54) is 0 Å². The molecule has 0 bridgehead atoms. The highest BCUT2D eigenvalue weighted by molar-refractivity contribution is 5.83. The van der Waals surface area contributed by atoms with E-state index in [0.717, 1.165) is 62.2 Å². The molecule has 0 N–H and O–H groups in total. The topological polar surface area (TPSA) is 58.4 Å². The van der Waals surface area contributed by atoms with Crippen LogP contribution < -0.4 is 0 Å². The summed E-state index contributed by atoms with van der Waals surface area (Å²) < 4.78 is 2.07. The first-order chi connectivity index (χ1) is 14.1. The molecule has 2 amide bonds. The number of carbonyl (C=O) groups excluding carboxylic acids is 2. The highest BCUT2D eigenvalue weighted by Crippen LogP contribution is 2.31. The summed E-state index contributed by atoms with van der Waals surface area (Å²) in [7, 11) is 0. The number of amides is 2. The van der Waals surface area contributed by atoms with Crippen molar-refractivity contribution >= 4 is 22.8 Å². The molecule has 1 aromatic heterocycles. The molecule has 1 atom stereocenters. The van der Waals surface area contributed by atoms with Crippen LogP contribution in [0.4, 0.5) is 0 Å². The van der Waals surface area contributed by atoms with Gasteiger partial charge >= 0.3 is 0 Å². The maximum atomic E-state index is 13.1. The molecule has 0 unspecified atom stereocenters. The molecule has 2 aliphatic rings. The van der Waals surface area contributed by atoms with Crippen molar-refractivity contribution in [3.05, 3.63) is 30.1 Å².